The van der Waals surface area contributed by atoms with Crippen LogP contribution in [0.4, 0.5) is 0 Å². The van der Waals surface area contributed by atoms with Gasteiger partial charge in [0.25, 0.3) is 0 Å². The molecule has 1 heteroatoms. The van der Waals surface area contributed by atoms with E-state index in [1.165, 1.54) is 16.5 Å². The van der Waals surface area contributed by atoms with Crippen molar-refractivity contribution in [3.8, 4) is 0 Å². The Kier molecular flexibility index (Phi) is 10.4. The molecule has 0 saturated carbocycles. The summed E-state index contributed by atoms with van der Waals surface area (Å²) in [5, 5.41) is 1.33. The van der Waals surface area contributed by atoms with Crippen molar-refractivity contribution in [2.75, 3.05) is 0 Å². The van der Waals surface area contributed by atoms with E-state index in [9.17, 15) is 0 Å². The van der Waals surface area contributed by atoms with Gasteiger partial charge in [-0.25, -0.2) is 0 Å². The van der Waals surface area contributed by atoms with Crippen LogP contribution in [0.2, 0.25) is 0 Å². The molecule has 0 amide bonds. The third-order valence-electron chi connectivity index (χ3n) is 2.44. The second kappa shape index (κ2) is 9.76. The molecule has 1 heterocycles. The lowest BCUT2D eigenvalue weighted by Gasteiger charge is -2.09. The summed E-state index contributed by atoms with van der Waals surface area (Å²) in [6.07, 6.45) is 2.16. The standard InChI is InChI=1S/C12H15N.2C2H6.CH4/c1-9(2)13-7-6-11-5-4-10(3)8-12(11)13;2*1-2;/h4-9H,1-3H3;2*1-2H3;1H4. The lowest BCUT2D eigenvalue weighted by molar-refractivity contribution is 0.623. The fourth-order valence-electron chi connectivity index (χ4n) is 1.71. The highest BCUT2D eigenvalue weighted by Crippen LogP contribution is 2.20. The van der Waals surface area contributed by atoms with E-state index in [1.807, 2.05) is 27.7 Å². The predicted octanol–water partition coefficient (Wildman–Crippen LogP) is 6.22. The Morgan fingerprint density at radius 1 is 0.944 bits per heavy atom. The molecule has 0 saturated heterocycles. The molecule has 0 aliphatic heterocycles. The van der Waals surface area contributed by atoms with Gasteiger partial charge in [0.2, 0.25) is 0 Å². The highest BCUT2D eigenvalue weighted by Gasteiger charge is 2.02. The minimum atomic E-state index is 0. The van der Waals surface area contributed by atoms with Crippen molar-refractivity contribution in [3.63, 3.8) is 0 Å². The maximum Gasteiger partial charge on any atom is 0.0485 e. The molecular formula is C17H31N. The molecule has 2 aromatic rings. The maximum absolute atomic E-state index is 2.31. The Morgan fingerprint density at radius 3 is 2.00 bits per heavy atom. The number of aromatic nitrogens is 1. The first-order valence-corrected chi connectivity index (χ1v) is 6.75. The summed E-state index contributed by atoms with van der Waals surface area (Å²) < 4.78 is 2.31. The van der Waals surface area contributed by atoms with Gasteiger partial charge in [0.05, 0.1) is 0 Å². The van der Waals surface area contributed by atoms with Crippen LogP contribution in [-0.4, -0.2) is 4.57 Å². The van der Waals surface area contributed by atoms with Crippen molar-refractivity contribution < 1.29 is 0 Å². The maximum atomic E-state index is 2.31. The monoisotopic (exact) mass is 249 g/mol. The van der Waals surface area contributed by atoms with Crippen LogP contribution in [-0.2, 0) is 0 Å². The van der Waals surface area contributed by atoms with E-state index in [2.05, 4.69) is 55.8 Å². The van der Waals surface area contributed by atoms with E-state index in [4.69, 9.17) is 0 Å². The van der Waals surface area contributed by atoms with Gasteiger partial charge in [-0.3, -0.25) is 0 Å². The quantitative estimate of drug-likeness (QED) is 0.565. The zero-order valence-corrected chi connectivity index (χ0v) is 12.4. The Balaban J connectivity index is 0. The van der Waals surface area contributed by atoms with Crippen LogP contribution in [0.1, 0.15) is 60.6 Å². The normalized spacial score (nSPS) is 8.89. The molecule has 0 atom stereocenters. The molecule has 0 aliphatic rings. The highest BCUT2D eigenvalue weighted by molar-refractivity contribution is 5.80. The smallest absolute Gasteiger partial charge is 0.0485 e. The number of fused-ring (bicyclic) bond motifs is 1. The fraction of sp³-hybridized carbons (Fsp3) is 0.529. The lowest BCUT2D eigenvalue weighted by Crippen LogP contribution is -1.97. The Bertz CT molecular complexity index is 424. The van der Waals surface area contributed by atoms with Crippen LogP contribution in [0.3, 0.4) is 0 Å². The van der Waals surface area contributed by atoms with Gasteiger partial charge >= 0.3 is 0 Å². The van der Waals surface area contributed by atoms with E-state index in [0.29, 0.717) is 6.04 Å². The van der Waals surface area contributed by atoms with E-state index < -0.39 is 0 Å². The minimum absolute atomic E-state index is 0. The van der Waals surface area contributed by atoms with Crippen molar-refractivity contribution in [2.45, 2.75) is 61.9 Å². The number of nitrogens with zero attached hydrogens (tertiary/aromatic N) is 1. The van der Waals surface area contributed by atoms with E-state index in [0.717, 1.165) is 0 Å². The third kappa shape index (κ3) is 4.56. The van der Waals surface area contributed by atoms with Gasteiger partial charge in [-0.1, -0.05) is 47.3 Å². The molecule has 1 aromatic carbocycles. The van der Waals surface area contributed by atoms with Gasteiger partial charge in [-0.05, 0) is 43.9 Å². The summed E-state index contributed by atoms with van der Waals surface area (Å²) in [6, 6.07) is 9.31. The van der Waals surface area contributed by atoms with Crippen molar-refractivity contribution >= 4 is 10.9 Å². The van der Waals surface area contributed by atoms with E-state index >= 15 is 0 Å². The SMILES string of the molecule is C.CC.CC.Cc1ccc2ccn(C(C)C)c2c1. The van der Waals surface area contributed by atoms with Gasteiger partial charge in [0.1, 0.15) is 0 Å². The van der Waals surface area contributed by atoms with Crippen LogP contribution in [0.25, 0.3) is 10.9 Å². The largest absolute Gasteiger partial charge is 0.345 e. The van der Waals surface area contributed by atoms with Gasteiger partial charge in [-0.15, -0.1) is 0 Å². The van der Waals surface area contributed by atoms with Gasteiger partial charge < -0.3 is 4.57 Å². The van der Waals surface area contributed by atoms with Gasteiger partial charge in [0.15, 0.2) is 0 Å². The van der Waals surface area contributed by atoms with Crippen molar-refractivity contribution in [3.05, 3.63) is 36.0 Å². The molecule has 0 aliphatic carbocycles. The second-order valence-electron chi connectivity index (χ2n) is 3.88. The Hall–Kier alpha value is -1.24. The predicted molar refractivity (Wildman–Crippen MR) is 86.5 cm³/mol. The molecule has 1 nitrogen and oxygen atoms in total. The number of aryl methyl sites for hydroxylation is 1. The van der Waals surface area contributed by atoms with E-state index in [-0.39, 0.29) is 7.43 Å². The van der Waals surface area contributed by atoms with Crippen LogP contribution in [0, 0.1) is 6.92 Å². The molecule has 0 N–H and O–H groups in total. The molecule has 0 unspecified atom stereocenters. The molecule has 2 rings (SSSR count). The van der Waals surface area contributed by atoms with Crippen LogP contribution in [0.5, 0.6) is 0 Å². The molecule has 0 spiro atoms. The molecule has 1 aromatic heterocycles. The average molecular weight is 249 g/mol. The Morgan fingerprint density at radius 2 is 1.50 bits per heavy atom. The second-order valence-corrected chi connectivity index (χ2v) is 3.88. The molecule has 104 valence electrons. The summed E-state index contributed by atoms with van der Waals surface area (Å²) in [5.74, 6) is 0. The van der Waals surface area contributed by atoms with Gasteiger partial charge in [0, 0.05) is 17.8 Å². The number of rotatable bonds is 1. The zero-order valence-electron chi connectivity index (χ0n) is 12.4. The van der Waals surface area contributed by atoms with Crippen LogP contribution < -0.4 is 0 Å². The van der Waals surface area contributed by atoms with Crippen molar-refractivity contribution in [1.82, 2.24) is 4.57 Å². The first-order chi connectivity index (χ1) is 8.18. The minimum Gasteiger partial charge on any atom is -0.345 e. The van der Waals surface area contributed by atoms with Crippen LogP contribution >= 0.6 is 0 Å². The average Bonchev–Trinajstić information content (AvgIpc) is 2.77. The first kappa shape index (κ1) is 19.1. The summed E-state index contributed by atoms with van der Waals surface area (Å²) in [7, 11) is 0. The number of benzene rings is 1. The molecule has 0 fully saturated rings. The number of hydrogen-bond acceptors (Lipinski definition) is 0. The third-order valence-corrected chi connectivity index (χ3v) is 2.44. The van der Waals surface area contributed by atoms with Crippen LogP contribution in [0.15, 0.2) is 30.5 Å². The zero-order chi connectivity index (χ0) is 13.4. The summed E-state index contributed by atoms with van der Waals surface area (Å²) in [5.41, 5.74) is 2.67. The molecule has 0 radical (unpaired) electrons. The number of hydrogen-bond donors (Lipinski definition) is 0. The fourth-order valence-corrected chi connectivity index (χ4v) is 1.71. The molecule has 18 heavy (non-hydrogen) atoms. The Labute approximate surface area is 114 Å². The van der Waals surface area contributed by atoms with Crippen molar-refractivity contribution in [1.29, 1.82) is 0 Å². The molecule has 0 bridgehead atoms. The molecular weight excluding hydrogens is 218 g/mol. The van der Waals surface area contributed by atoms with E-state index in [1.54, 1.807) is 0 Å². The summed E-state index contributed by atoms with van der Waals surface area (Å²) in [4.78, 5) is 0. The summed E-state index contributed by atoms with van der Waals surface area (Å²) >= 11 is 0. The highest BCUT2D eigenvalue weighted by atomic mass is 15.0. The summed E-state index contributed by atoms with van der Waals surface area (Å²) in [6.45, 7) is 14.6. The topological polar surface area (TPSA) is 4.93 Å². The lowest BCUT2D eigenvalue weighted by atomic mass is 10.2. The first-order valence-electron chi connectivity index (χ1n) is 6.75. The van der Waals surface area contributed by atoms with Crippen molar-refractivity contribution in [2.24, 2.45) is 0 Å². The van der Waals surface area contributed by atoms with Gasteiger partial charge in [-0.2, -0.15) is 0 Å².